The molecule has 1 aliphatic heterocycles. The van der Waals surface area contributed by atoms with Crippen LogP contribution in [0.15, 0.2) is 0 Å². The molecule has 0 bridgehead atoms. The fourth-order valence-corrected chi connectivity index (χ4v) is 1.48. The van der Waals surface area contributed by atoms with Crippen molar-refractivity contribution in [1.82, 2.24) is 5.32 Å². The summed E-state index contributed by atoms with van der Waals surface area (Å²) in [7, 11) is 0. The van der Waals surface area contributed by atoms with E-state index in [2.05, 4.69) is 5.32 Å². The summed E-state index contributed by atoms with van der Waals surface area (Å²) in [5.41, 5.74) is 0. The third kappa shape index (κ3) is 3.32. The highest BCUT2D eigenvalue weighted by atomic mass is 16.5. The van der Waals surface area contributed by atoms with E-state index in [9.17, 15) is 4.79 Å². The Labute approximate surface area is 73.5 Å². The topological polar surface area (TPSA) is 38.3 Å². The third-order valence-electron chi connectivity index (χ3n) is 2.15. The van der Waals surface area contributed by atoms with Gasteiger partial charge in [0.05, 0.1) is 6.54 Å². The van der Waals surface area contributed by atoms with E-state index < -0.39 is 0 Å². The maximum atomic E-state index is 11.0. The van der Waals surface area contributed by atoms with Gasteiger partial charge in [-0.3, -0.25) is 4.79 Å². The highest BCUT2D eigenvalue weighted by Crippen LogP contribution is 2.11. The zero-order valence-electron chi connectivity index (χ0n) is 7.64. The molecular weight excluding hydrogens is 154 g/mol. The Morgan fingerprint density at radius 3 is 3.17 bits per heavy atom. The van der Waals surface area contributed by atoms with E-state index in [4.69, 9.17) is 4.74 Å². The summed E-state index contributed by atoms with van der Waals surface area (Å²) >= 11 is 0. The normalized spacial score (nSPS) is 24.4. The van der Waals surface area contributed by atoms with Crippen LogP contribution in [-0.2, 0) is 9.53 Å². The van der Waals surface area contributed by atoms with E-state index in [1.807, 2.05) is 6.92 Å². The minimum absolute atomic E-state index is 0.336. The highest BCUT2D eigenvalue weighted by molar-refractivity contribution is 5.81. The quantitative estimate of drug-likeness (QED) is 0.629. The molecule has 3 nitrogen and oxygen atoms in total. The number of ether oxygens (including phenoxy) is 1. The molecule has 0 saturated carbocycles. The predicted molar refractivity (Wildman–Crippen MR) is 47.1 cm³/mol. The summed E-state index contributed by atoms with van der Waals surface area (Å²) in [5.74, 6) is 0.834. The second-order valence-electron chi connectivity index (χ2n) is 3.23. The molecule has 0 aromatic rings. The minimum Gasteiger partial charge on any atom is -0.382 e. The number of carbonyl (C=O) groups excluding carboxylic acids is 1. The van der Waals surface area contributed by atoms with E-state index in [0.29, 0.717) is 18.2 Å². The van der Waals surface area contributed by atoms with Gasteiger partial charge in [-0.1, -0.05) is 0 Å². The molecular formula is C9H17NO2. The summed E-state index contributed by atoms with van der Waals surface area (Å²) in [4.78, 5) is 11.0. The second-order valence-corrected chi connectivity index (χ2v) is 3.23. The van der Waals surface area contributed by atoms with Crippen molar-refractivity contribution in [2.45, 2.75) is 19.8 Å². The molecule has 1 heterocycles. The number of rotatable bonds is 4. The largest absolute Gasteiger partial charge is 0.382 e. The monoisotopic (exact) mass is 171 g/mol. The van der Waals surface area contributed by atoms with Gasteiger partial charge in [0.1, 0.15) is 5.78 Å². The van der Waals surface area contributed by atoms with Crippen LogP contribution in [0.2, 0.25) is 0 Å². The summed E-state index contributed by atoms with van der Waals surface area (Å²) in [6.45, 7) is 5.08. The van der Waals surface area contributed by atoms with Crippen LogP contribution in [0.4, 0.5) is 0 Å². The molecule has 70 valence electrons. The SMILES string of the molecule is CCOCCC1CNCC(=O)C1. The molecule has 0 radical (unpaired) electrons. The van der Waals surface area contributed by atoms with Crippen LogP contribution in [-0.4, -0.2) is 32.1 Å². The minimum atomic E-state index is 0.336. The lowest BCUT2D eigenvalue weighted by Crippen LogP contribution is -2.36. The average molecular weight is 171 g/mol. The first-order valence-electron chi connectivity index (χ1n) is 4.63. The number of hydrogen-bond acceptors (Lipinski definition) is 3. The zero-order chi connectivity index (χ0) is 8.81. The van der Waals surface area contributed by atoms with Gasteiger partial charge in [0.25, 0.3) is 0 Å². The molecule has 0 aromatic heterocycles. The molecule has 0 spiro atoms. The molecule has 1 saturated heterocycles. The Hall–Kier alpha value is -0.410. The number of Topliss-reactive ketones (excluding diaryl/α,β-unsaturated/α-hetero) is 1. The van der Waals surface area contributed by atoms with Crippen molar-refractivity contribution in [3.8, 4) is 0 Å². The van der Waals surface area contributed by atoms with Crippen molar-refractivity contribution >= 4 is 5.78 Å². The first kappa shape index (κ1) is 9.68. The van der Waals surface area contributed by atoms with E-state index in [-0.39, 0.29) is 0 Å². The molecule has 1 rings (SSSR count). The third-order valence-corrected chi connectivity index (χ3v) is 2.15. The lowest BCUT2D eigenvalue weighted by atomic mass is 9.96. The van der Waals surface area contributed by atoms with E-state index in [0.717, 1.165) is 32.6 Å². The van der Waals surface area contributed by atoms with Gasteiger partial charge in [0.15, 0.2) is 0 Å². The van der Waals surface area contributed by atoms with Crippen molar-refractivity contribution in [3.63, 3.8) is 0 Å². The standard InChI is InChI=1S/C9H17NO2/c1-2-12-4-3-8-5-9(11)7-10-6-8/h8,10H,2-7H2,1H3. The van der Waals surface area contributed by atoms with Crippen molar-refractivity contribution in [2.24, 2.45) is 5.92 Å². The van der Waals surface area contributed by atoms with E-state index in [1.165, 1.54) is 0 Å². The number of nitrogens with one attached hydrogen (secondary N) is 1. The van der Waals surface area contributed by atoms with Crippen LogP contribution in [0.25, 0.3) is 0 Å². The number of carbonyl (C=O) groups is 1. The molecule has 0 aromatic carbocycles. The van der Waals surface area contributed by atoms with Gasteiger partial charge in [-0.2, -0.15) is 0 Å². The second kappa shape index (κ2) is 5.27. The lowest BCUT2D eigenvalue weighted by Gasteiger charge is -2.21. The Morgan fingerprint density at radius 1 is 1.67 bits per heavy atom. The predicted octanol–water partition coefficient (Wildman–Crippen LogP) is 0.592. The smallest absolute Gasteiger partial charge is 0.146 e. The number of hydrogen-bond donors (Lipinski definition) is 1. The van der Waals surface area contributed by atoms with Gasteiger partial charge in [-0.15, -0.1) is 0 Å². The summed E-state index contributed by atoms with van der Waals surface area (Å²) in [5, 5.41) is 3.11. The summed E-state index contributed by atoms with van der Waals surface area (Å²) in [6.07, 6.45) is 1.74. The van der Waals surface area contributed by atoms with Crippen LogP contribution in [0, 0.1) is 5.92 Å². The summed E-state index contributed by atoms with van der Waals surface area (Å²) < 4.78 is 5.23. The fourth-order valence-electron chi connectivity index (χ4n) is 1.48. The van der Waals surface area contributed by atoms with Crippen LogP contribution >= 0.6 is 0 Å². The van der Waals surface area contributed by atoms with Crippen LogP contribution in [0.3, 0.4) is 0 Å². The van der Waals surface area contributed by atoms with Crippen molar-refractivity contribution < 1.29 is 9.53 Å². The molecule has 1 unspecified atom stereocenters. The van der Waals surface area contributed by atoms with Crippen molar-refractivity contribution in [1.29, 1.82) is 0 Å². The van der Waals surface area contributed by atoms with Gasteiger partial charge < -0.3 is 10.1 Å². The van der Waals surface area contributed by atoms with Gasteiger partial charge >= 0.3 is 0 Å². The van der Waals surface area contributed by atoms with Gasteiger partial charge in [-0.25, -0.2) is 0 Å². The maximum Gasteiger partial charge on any atom is 0.146 e. The Kier molecular flexibility index (Phi) is 4.25. The van der Waals surface area contributed by atoms with E-state index in [1.54, 1.807) is 0 Å². The molecule has 1 atom stereocenters. The number of ketones is 1. The molecule has 1 N–H and O–H groups in total. The fraction of sp³-hybridized carbons (Fsp3) is 0.889. The number of piperidine rings is 1. The van der Waals surface area contributed by atoms with Crippen LogP contribution < -0.4 is 5.32 Å². The Morgan fingerprint density at radius 2 is 2.50 bits per heavy atom. The van der Waals surface area contributed by atoms with Crippen LogP contribution in [0.1, 0.15) is 19.8 Å². The van der Waals surface area contributed by atoms with Gasteiger partial charge in [-0.05, 0) is 25.8 Å². The maximum absolute atomic E-state index is 11.0. The molecule has 0 amide bonds. The molecule has 1 fully saturated rings. The van der Waals surface area contributed by atoms with Crippen molar-refractivity contribution in [3.05, 3.63) is 0 Å². The molecule has 12 heavy (non-hydrogen) atoms. The average Bonchev–Trinajstić information content (AvgIpc) is 2.05. The first-order valence-corrected chi connectivity index (χ1v) is 4.63. The molecule has 3 heteroatoms. The van der Waals surface area contributed by atoms with Crippen LogP contribution in [0.5, 0.6) is 0 Å². The Bertz CT molecular complexity index is 147. The zero-order valence-corrected chi connectivity index (χ0v) is 7.64. The highest BCUT2D eigenvalue weighted by Gasteiger charge is 2.18. The molecule has 1 aliphatic rings. The van der Waals surface area contributed by atoms with E-state index >= 15 is 0 Å². The van der Waals surface area contributed by atoms with Gasteiger partial charge in [0, 0.05) is 19.6 Å². The summed E-state index contributed by atoms with van der Waals surface area (Å²) in [6, 6.07) is 0. The molecule has 0 aliphatic carbocycles. The Balaban J connectivity index is 2.10. The lowest BCUT2D eigenvalue weighted by molar-refractivity contribution is -0.120. The first-order chi connectivity index (χ1) is 5.83. The van der Waals surface area contributed by atoms with Crippen molar-refractivity contribution in [2.75, 3.05) is 26.3 Å². The van der Waals surface area contributed by atoms with Gasteiger partial charge in [0.2, 0.25) is 0 Å².